The SMILES string of the molecule is CCn1cccc1CNCc1cncs1. The van der Waals surface area contributed by atoms with E-state index in [2.05, 4.69) is 40.1 Å². The van der Waals surface area contributed by atoms with Crippen molar-refractivity contribution in [2.24, 2.45) is 0 Å². The second-order valence-corrected chi connectivity index (χ2v) is 4.33. The minimum atomic E-state index is 0.902. The molecule has 15 heavy (non-hydrogen) atoms. The number of rotatable bonds is 5. The summed E-state index contributed by atoms with van der Waals surface area (Å²) in [4.78, 5) is 5.33. The van der Waals surface area contributed by atoms with E-state index in [9.17, 15) is 0 Å². The Bertz CT molecular complexity index is 392. The summed E-state index contributed by atoms with van der Waals surface area (Å²) >= 11 is 1.69. The largest absolute Gasteiger partial charge is 0.351 e. The molecule has 0 bridgehead atoms. The number of nitrogens with one attached hydrogen (secondary N) is 1. The van der Waals surface area contributed by atoms with Gasteiger partial charge in [-0.05, 0) is 19.1 Å². The summed E-state index contributed by atoms with van der Waals surface area (Å²) in [7, 11) is 0. The van der Waals surface area contributed by atoms with Gasteiger partial charge in [-0.1, -0.05) is 0 Å². The Morgan fingerprint density at radius 3 is 3.13 bits per heavy atom. The van der Waals surface area contributed by atoms with Gasteiger partial charge in [0.2, 0.25) is 0 Å². The maximum atomic E-state index is 4.04. The fourth-order valence-corrected chi connectivity index (χ4v) is 2.13. The Morgan fingerprint density at radius 1 is 1.47 bits per heavy atom. The number of aromatic nitrogens is 2. The van der Waals surface area contributed by atoms with Gasteiger partial charge in [-0.2, -0.15) is 0 Å². The summed E-state index contributed by atoms with van der Waals surface area (Å²) in [5, 5.41) is 3.41. The zero-order valence-corrected chi connectivity index (χ0v) is 9.63. The van der Waals surface area contributed by atoms with E-state index in [0.717, 1.165) is 19.6 Å². The van der Waals surface area contributed by atoms with Crippen LogP contribution in [0.5, 0.6) is 0 Å². The molecule has 3 nitrogen and oxygen atoms in total. The first kappa shape index (κ1) is 10.4. The van der Waals surface area contributed by atoms with Crippen molar-refractivity contribution < 1.29 is 0 Å². The Morgan fingerprint density at radius 2 is 2.40 bits per heavy atom. The van der Waals surface area contributed by atoms with Gasteiger partial charge in [-0.25, -0.2) is 0 Å². The molecule has 2 heterocycles. The molecule has 80 valence electrons. The molecule has 0 aliphatic carbocycles. The van der Waals surface area contributed by atoms with Crippen LogP contribution in [0.2, 0.25) is 0 Å². The highest BCUT2D eigenvalue weighted by Gasteiger charge is 1.99. The van der Waals surface area contributed by atoms with E-state index in [-0.39, 0.29) is 0 Å². The van der Waals surface area contributed by atoms with Crippen molar-refractivity contribution in [2.45, 2.75) is 26.6 Å². The van der Waals surface area contributed by atoms with E-state index in [1.165, 1.54) is 10.6 Å². The molecule has 2 aromatic rings. The van der Waals surface area contributed by atoms with Gasteiger partial charge in [-0.3, -0.25) is 4.98 Å². The highest BCUT2D eigenvalue weighted by Crippen LogP contribution is 2.06. The predicted octanol–water partition coefficient (Wildman–Crippen LogP) is 2.25. The lowest BCUT2D eigenvalue weighted by Gasteiger charge is -2.06. The van der Waals surface area contributed by atoms with Gasteiger partial charge in [-0.15, -0.1) is 11.3 Å². The van der Waals surface area contributed by atoms with Gasteiger partial charge in [0.1, 0.15) is 0 Å². The Balaban J connectivity index is 1.83. The van der Waals surface area contributed by atoms with Crippen LogP contribution in [0.3, 0.4) is 0 Å². The average molecular weight is 221 g/mol. The third-order valence-electron chi connectivity index (χ3n) is 2.35. The third-order valence-corrected chi connectivity index (χ3v) is 3.13. The van der Waals surface area contributed by atoms with Crippen molar-refractivity contribution in [3.63, 3.8) is 0 Å². The standard InChI is InChI=1S/C11H15N3S/c1-2-14-5-3-4-10(14)6-12-7-11-8-13-9-15-11/h3-5,8-9,12H,2,6-7H2,1H3. The van der Waals surface area contributed by atoms with Crippen LogP contribution in [0.4, 0.5) is 0 Å². The van der Waals surface area contributed by atoms with Crippen LogP contribution < -0.4 is 5.32 Å². The summed E-state index contributed by atoms with van der Waals surface area (Å²) in [6, 6.07) is 4.25. The maximum absolute atomic E-state index is 4.04. The summed E-state index contributed by atoms with van der Waals surface area (Å²) < 4.78 is 2.25. The quantitative estimate of drug-likeness (QED) is 0.839. The van der Waals surface area contributed by atoms with Crippen molar-refractivity contribution in [1.82, 2.24) is 14.9 Å². The van der Waals surface area contributed by atoms with Crippen molar-refractivity contribution in [3.8, 4) is 0 Å². The number of thiazole rings is 1. The minimum Gasteiger partial charge on any atom is -0.351 e. The van der Waals surface area contributed by atoms with Gasteiger partial charge < -0.3 is 9.88 Å². The van der Waals surface area contributed by atoms with Gasteiger partial charge >= 0.3 is 0 Å². The zero-order valence-electron chi connectivity index (χ0n) is 8.81. The van der Waals surface area contributed by atoms with E-state index in [1.807, 2.05) is 11.7 Å². The smallest absolute Gasteiger partial charge is 0.0794 e. The number of aryl methyl sites for hydroxylation is 1. The molecule has 0 saturated carbocycles. The topological polar surface area (TPSA) is 29.9 Å². The molecular weight excluding hydrogens is 206 g/mol. The molecule has 0 aliphatic heterocycles. The second-order valence-electron chi connectivity index (χ2n) is 3.36. The predicted molar refractivity (Wildman–Crippen MR) is 62.8 cm³/mol. The molecule has 0 saturated heterocycles. The first-order valence-corrected chi connectivity index (χ1v) is 6.00. The fraction of sp³-hybridized carbons (Fsp3) is 0.364. The van der Waals surface area contributed by atoms with Crippen LogP contribution in [-0.2, 0) is 19.6 Å². The molecule has 2 rings (SSSR count). The third kappa shape index (κ3) is 2.67. The van der Waals surface area contributed by atoms with Crippen LogP contribution >= 0.6 is 11.3 Å². The van der Waals surface area contributed by atoms with E-state index in [1.54, 1.807) is 11.3 Å². The Labute approximate surface area is 93.8 Å². The highest BCUT2D eigenvalue weighted by atomic mass is 32.1. The molecule has 0 aliphatic rings. The minimum absolute atomic E-state index is 0.902. The maximum Gasteiger partial charge on any atom is 0.0794 e. The van der Waals surface area contributed by atoms with E-state index in [0.29, 0.717) is 0 Å². The second kappa shape index (κ2) is 5.09. The molecular formula is C11H15N3S. The van der Waals surface area contributed by atoms with Gasteiger partial charge in [0.05, 0.1) is 5.51 Å². The summed E-state index contributed by atoms with van der Waals surface area (Å²) in [6.45, 7) is 5.01. The molecule has 0 spiro atoms. The van der Waals surface area contributed by atoms with E-state index >= 15 is 0 Å². The molecule has 4 heteroatoms. The average Bonchev–Trinajstić information content (AvgIpc) is 2.88. The van der Waals surface area contributed by atoms with Crippen LogP contribution in [0.25, 0.3) is 0 Å². The molecule has 0 amide bonds. The summed E-state index contributed by atoms with van der Waals surface area (Å²) in [5.41, 5.74) is 3.20. The lowest BCUT2D eigenvalue weighted by molar-refractivity contribution is 0.632. The highest BCUT2D eigenvalue weighted by molar-refractivity contribution is 7.09. The normalized spacial score (nSPS) is 10.7. The van der Waals surface area contributed by atoms with Crippen molar-refractivity contribution >= 4 is 11.3 Å². The van der Waals surface area contributed by atoms with Crippen LogP contribution in [0, 0.1) is 0 Å². The van der Waals surface area contributed by atoms with Crippen LogP contribution in [0.15, 0.2) is 30.0 Å². The monoisotopic (exact) mass is 221 g/mol. The number of nitrogens with zero attached hydrogens (tertiary/aromatic N) is 2. The lowest BCUT2D eigenvalue weighted by Crippen LogP contribution is -2.14. The molecule has 1 N–H and O–H groups in total. The lowest BCUT2D eigenvalue weighted by atomic mass is 10.4. The van der Waals surface area contributed by atoms with Crippen molar-refractivity contribution in [1.29, 1.82) is 0 Å². The van der Waals surface area contributed by atoms with Crippen LogP contribution in [0.1, 0.15) is 17.5 Å². The van der Waals surface area contributed by atoms with Gasteiger partial charge in [0.25, 0.3) is 0 Å². The van der Waals surface area contributed by atoms with Gasteiger partial charge in [0.15, 0.2) is 0 Å². The zero-order chi connectivity index (χ0) is 10.5. The van der Waals surface area contributed by atoms with E-state index in [4.69, 9.17) is 0 Å². The van der Waals surface area contributed by atoms with Crippen molar-refractivity contribution in [3.05, 3.63) is 40.6 Å². The number of hydrogen-bond donors (Lipinski definition) is 1. The number of hydrogen-bond acceptors (Lipinski definition) is 3. The summed E-state index contributed by atoms with van der Waals surface area (Å²) in [5.74, 6) is 0. The Kier molecular flexibility index (Phi) is 3.53. The molecule has 0 atom stereocenters. The molecule has 0 radical (unpaired) electrons. The molecule has 2 aromatic heterocycles. The molecule has 0 aromatic carbocycles. The molecule has 0 unspecified atom stereocenters. The first-order valence-electron chi connectivity index (χ1n) is 5.12. The Hall–Kier alpha value is -1.13. The van der Waals surface area contributed by atoms with Crippen molar-refractivity contribution in [2.75, 3.05) is 0 Å². The summed E-state index contributed by atoms with van der Waals surface area (Å²) in [6.07, 6.45) is 4.03. The van der Waals surface area contributed by atoms with Gasteiger partial charge in [0, 0.05) is 42.6 Å². The fourth-order valence-electron chi connectivity index (χ4n) is 1.56. The van der Waals surface area contributed by atoms with Crippen LogP contribution in [-0.4, -0.2) is 9.55 Å². The first-order chi connectivity index (χ1) is 7.40. The van der Waals surface area contributed by atoms with E-state index < -0.39 is 0 Å². The molecule has 0 fully saturated rings.